The number of benzene rings is 2. The van der Waals surface area contributed by atoms with E-state index in [2.05, 4.69) is 0 Å². The average Bonchev–Trinajstić information content (AvgIpc) is 2.50. The molecule has 1 atom stereocenters. The number of rotatable bonds is 5. The molecule has 0 saturated carbocycles. The summed E-state index contributed by atoms with van der Waals surface area (Å²) in [5, 5.41) is 0.777. The van der Waals surface area contributed by atoms with E-state index < -0.39 is 0 Å². The van der Waals surface area contributed by atoms with Crippen molar-refractivity contribution in [1.29, 1.82) is 0 Å². The fraction of sp³-hybridized carbons (Fsp3) is 0.294. The zero-order valence-electron chi connectivity index (χ0n) is 12.5. The van der Waals surface area contributed by atoms with E-state index in [1.807, 2.05) is 50.2 Å². The zero-order valence-corrected chi connectivity index (χ0v) is 13.3. The van der Waals surface area contributed by atoms with Crippen LogP contribution in [0.5, 0.6) is 11.5 Å². The van der Waals surface area contributed by atoms with Gasteiger partial charge in [0.15, 0.2) is 0 Å². The van der Waals surface area contributed by atoms with Crippen LogP contribution in [0.1, 0.15) is 22.7 Å². The highest BCUT2D eigenvalue weighted by Gasteiger charge is 2.09. The van der Waals surface area contributed by atoms with Gasteiger partial charge in [0.05, 0.1) is 13.2 Å². The Balaban J connectivity index is 2.05. The fourth-order valence-electron chi connectivity index (χ4n) is 2.14. The van der Waals surface area contributed by atoms with E-state index in [9.17, 15) is 0 Å². The lowest BCUT2D eigenvalue weighted by molar-refractivity contribution is 0.290. The van der Waals surface area contributed by atoms with Gasteiger partial charge in [-0.15, -0.1) is 0 Å². The van der Waals surface area contributed by atoms with E-state index in [1.54, 1.807) is 7.11 Å². The van der Waals surface area contributed by atoms with E-state index in [-0.39, 0.29) is 6.04 Å². The van der Waals surface area contributed by atoms with Gasteiger partial charge in [0, 0.05) is 5.02 Å². The van der Waals surface area contributed by atoms with Crippen LogP contribution in [0.2, 0.25) is 5.02 Å². The predicted octanol–water partition coefficient (Wildman–Crippen LogP) is 4.04. The van der Waals surface area contributed by atoms with Crippen molar-refractivity contribution in [3.05, 3.63) is 58.1 Å². The van der Waals surface area contributed by atoms with Crippen molar-refractivity contribution in [3.8, 4) is 11.5 Å². The van der Waals surface area contributed by atoms with Crippen molar-refractivity contribution >= 4 is 11.6 Å². The molecule has 4 heteroatoms. The normalized spacial score (nSPS) is 12.0. The lowest BCUT2D eigenvalue weighted by Crippen LogP contribution is -2.19. The first-order valence-corrected chi connectivity index (χ1v) is 7.18. The maximum atomic E-state index is 6.17. The monoisotopic (exact) mass is 305 g/mol. The summed E-state index contributed by atoms with van der Waals surface area (Å²) in [4.78, 5) is 0. The molecule has 2 aromatic rings. The highest BCUT2D eigenvalue weighted by Crippen LogP contribution is 2.26. The van der Waals surface area contributed by atoms with Gasteiger partial charge in [0.25, 0.3) is 0 Å². The summed E-state index contributed by atoms with van der Waals surface area (Å²) in [5.41, 5.74) is 9.15. The minimum Gasteiger partial charge on any atom is -0.497 e. The van der Waals surface area contributed by atoms with Crippen molar-refractivity contribution < 1.29 is 9.47 Å². The van der Waals surface area contributed by atoms with E-state index in [4.69, 9.17) is 26.8 Å². The molecule has 1 unspecified atom stereocenters. The second-order valence-corrected chi connectivity index (χ2v) is 5.44. The molecule has 0 bridgehead atoms. The van der Waals surface area contributed by atoms with Crippen LogP contribution in [0.25, 0.3) is 0 Å². The van der Waals surface area contributed by atoms with Gasteiger partial charge in [-0.2, -0.15) is 0 Å². The molecule has 112 valence electrons. The first kappa shape index (κ1) is 15.7. The number of ether oxygens (including phenoxy) is 2. The molecule has 2 N–H and O–H groups in total. The number of halogens is 1. The van der Waals surface area contributed by atoms with Crippen molar-refractivity contribution in [1.82, 2.24) is 0 Å². The van der Waals surface area contributed by atoms with E-state index in [1.165, 1.54) is 0 Å². The second kappa shape index (κ2) is 6.83. The summed E-state index contributed by atoms with van der Waals surface area (Å²) in [5.74, 6) is 1.58. The molecular weight excluding hydrogens is 286 g/mol. The van der Waals surface area contributed by atoms with Gasteiger partial charge < -0.3 is 15.2 Å². The van der Waals surface area contributed by atoms with Crippen LogP contribution in [0.4, 0.5) is 0 Å². The topological polar surface area (TPSA) is 44.5 Å². The average molecular weight is 306 g/mol. The molecule has 0 heterocycles. The van der Waals surface area contributed by atoms with Crippen molar-refractivity contribution in [3.63, 3.8) is 0 Å². The zero-order chi connectivity index (χ0) is 15.4. The van der Waals surface area contributed by atoms with Gasteiger partial charge in [-0.05, 0) is 54.8 Å². The molecular formula is C17H20ClNO2. The molecule has 2 rings (SSSR count). The highest BCUT2D eigenvalue weighted by atomic mass is 35.5. The molecule has 0 radical (unpaired) electrons. The molecule has 21 heavy (non-hydrogen) atoms. The molecule has 0 aliphatic rings. The molecule has 0 aromatic heterocycles. The van der Waals surface area contributed by atoms with E-state index >= 15 is 0 Å². The molecule has 0 saturated heterocycles. The third-order valence-electron chi connectivity index (χ3n) is 3.36. The maximum Gasteiger partial charge on any atom is 0.120 e. The number of hydrogen-bond acceptors (Lipinski definition) is 3. The third-order valence-corrected chi connectivity index (χ3v) is 3.96. The Morgan fingerprint density at radius 3 is 2.38 bits per heavy atom. The van der Waals surface area contributed by atoms with E-state index in [0.29, 0.717) is 6.61 Å². The van der Waals surface area contributed by atoms with E-state index in [0.717, 1.165) is 33.2 Å². The van der Waals surface area contributed by atoms with Crippen LogP contribution in [0.15, 0.2) is 36.4 Å². The Kier molecular flexibility index (Phi) is 5.10. The van der Waals surface area contributed by atoms with Gasteiger partial charge in [-0.3, -0.25) is 0 Å². The van der Waals surface area contributed by atoms with Crippen LogP contribution in [-0.4, -0.2) is 13.7 Å². The fourth-order valence-corrected chi connectivity index (χ4v) is 2.25. The smallest absolute Gasteiger partial charge is 0.120 e. The summed E-state index contributed by atoms with van der Waals surface area (Å²) < 4.78 is 11.0. The van der Waals surface area contributed by atoms with Gasteiger partial charge in [-0.25, -0.2) is 0 Å². The second-order valence-electron chi connectivity index (χ2n) is 5.07. The molecule has 0 spiro atoms. The van der Waals surface area contributed by atoms with Crippen LogP contribution in [0.3, 0.4) is 0 Å². The summed E-state index contributed by atoms with van der Waals surface area (Å²) in [6.07, 6.45) is 0. The molecule has 0 amide bonds. The highest BCUT2D eigenvalue weighted by molar-refractivity contribution is 6.32. The third kappa shape index (κ3) is 3.90. The lowest BCUT2D eigenvalue weighted by atomic mass is 10.1. The molecule has 0 aliphatic heterocycles. The minimum atomic E-state index is -0.212. The summed E-state index contributed by atoms with van der Waals surface area (Å²) >= 11 is 6.15. The first-order valence-electron chi connectivity index (χ1n) is 6.80. The summed E-state index contributed by atoms with van der Waals surface area (Å²) in [7, 11) is 1.64. The van der Waals surface area contributed by atoms with Crippen LogP contribution >= 0.6 is 11.6 Å². The van der Waals surface area contributed by atoms with Crippen molar-refractivity contribution in [2.75, 3.05) is 13.7 Å². The number of methoxy groups -OCH3 is 1. The van der Waals surface area contributed by atoms with Gasteiger partial charge in [0.2, 0.25) is 0 Å². The Labute approximate surface area is 130 Å². The molecule has 3 nitrogen and oxygen atoms in total. The minimum absolute atomic E-state index is 0.212. The molecule has 2 aromatic carbocycles. The van der Waals surface area contributed by atoms with Gasteiger partial charge >= 0.3 is 0 Å². The quantitative estimate of drug-likeness (QED) is 0.906. The number of nitrogens with two attached hydrogens (primary N) is 1. The predicted molar refractivity (Wildman–Crippen MR) is 86.3 cm³/mol. The lowest BCUT2D eigenvalue weighted by Gasteiger charge is -2.15. The van der Waals surface area contributed by atoms with Crippen molar-refractivity contribution in [2.24, 2.45) is 5.73 Å². The number of hydrogen-bond donors (Lipinski definition) is 1. The maximum absolute atomic E-state index is 6.17. The summed E-state index contributed by atoms with van der Waals surface area (Å²) in [6, 6.07) is 11.3. The Morgan fingerprint density at radius 2 is 1.76 bits per heavy atom. The largest absolute Gasteiger partial charge is 0.497 e. The van der Waals surface area contributed by atoms with Gasteiger partial charge in [0.1, 0.15) is 18.1 Å². The Morgan fingerprint density at radius 1 is 1.10 bits per heavy atom. The van der Waals surface area contributed by atoms with Crippen LogP contribution in [-0.2, 0) is 0 Å². The first-order chi connectivity index (χ1) is 10.0. The number of aryl methyl sites for hydroxylation is 2. The SMILES string of the molecule is COc1cccc(C(N)COc2cc(C)c(Cl)c(C)c2)c1. The molecule has 0 fully saturated rings. The summed E-state index contributed by atoms with van der Waals surface area (Å²) in [6.45, 7) is 4.32. The Hall–Kier alpha value is -1.71. The van der Waals surface area contributed by atoms with Crippen molar-refractivity contribution in [2.45, 2.75) is 19.9 Å². The molecule has 0 aliphatic carbocycles. The van der Waals surface area contributed by atoms with Crippen LogP contribution in [0, 0.1) is 13.8 Å². The van der Waals surface area contributed by atoms with Crippen LogP contribution < -0.4 is 15.2 Å². The standard InChI is InChI=1S/C17H20ClNO2/c1-11-7-15(8-12(2)17(11)18)21-10-16(19)13-5-4-6-14(9-13)20-3/h4-9,16H,10,19H2,1-3H3. The Bertz CT molecular complexity index is 605. The van der Waals surface area contributed by atoms with Gasteiger partial charge in [-0.1, -0.05) is 23.7 Å².